The molecule has 26 heavy (non-hydrogen) atoms. The van der Waals surface area contributed by atoms with E-state index in [1.807, 2.05) is 13.1 Å². The summed E-state index contributed by atoms with van der Waals surface area (Å²) in [6, 6.07) is 6.16. The quantitative estimate of drug-likeness (QED) is 0.798. The van der Waals surface area contributed by atoms with Crippen molar-refractivity contribution in [3.8, 4) is 0 Å². The highest BCUT2D eigenvalue weighted by atomic mass is 19.1. The monoisotopic (exact) mass is 357 g/mol. The Bertz CT molecular complexity index is 800. The highest BCUT2D eigenvalue weighted by molar-refractivity contribution is 5.94. The topological polar surface area (TPSA) is 47.4 Å². The Balaban J connectivity index is 1.60. The van der Waals surface area contributed by atoms with Gasteiger partial charge in [0.05, 0.1) is 24.1 Å². The van der Waals surface area contributed by atoms with Crippen molar-refractivity contribution in [3.63, 3.8) is 0 Å². The molecule has 0 N–H and O–H groups in total. The molecule has 0 saturated heterocycles. The van der Waals surface area contributed by atoms with Gasteiger partial charge in [-0.05, 0) is 37.8 Å². The zero-order valence-electron chi connectivity index (χ0n) is 15.0. The van der Waals surface area contributed by atoms with Crippen LogP contribution in [0.3, 0.4) is 0 Å². The Hall–Kier alpha value is -2.21. The number of carbonyl (C=O) groups excluding carboxylic acids is 1. The molecule has 1 aromatic heterocycles. The van der Waals surface area contributed by atoms with Gasteiger partial charge in [-0.2, -0.15) is 5.10 Å². The molecule has 138 valence electrons. The molecule has 1 amide bonds. The summed E-state index contributed by atoms with van der Waals surface area (Å²) in [6.45, 7) is 5.07. The minimum Gasteiger partial charge on any atom is -0.381 e. The molecular weight excluding hydrogens is 333 g/mol. The maximum Gasteiger partial charge on any atom is 0.257 e. The first kappa shape index (κ1) is 17.2. The summed E-state index contributed by atoms with van der Waals surface area (Å²) in [7, 11) is 0. The lowest BCUT2D eigenvalue weighted by atomic mass is 9.96. The van der Waals surface area contributed by atoms with Gasteiger partial charge in [0.2, 0.25) is 0 Å². The standard InChI is InChI=1S/C20H24FN3O2/c1-2-26-13-16-12-23(20(25)17-5-3-4-6-18(17)21)11-15-9-22-24(19(15)16)10-14-7-8-14/h3-6,9,14,16H,2,7-8,10-13H2,1H3. The molecule has 0 spiro atoms. The fourth-order valence-corrected chi connectivity index (χ4v) is 3.69. The van der Waals surface area contributed by atoms with Crippen LogP contribution in [0.2, 0.25) is 0 Å². The van der Waals surface area contributed by atoms with E-state index < -0.39 is 5.82 Å². The SMILES string of the molecule is CCOCC1CN(C(=O)c2ccccc2F)Cc2cnn(CC3CC3)c21. The lowest BCUT2D eigenvalue weighted by Crippen LogP contribution is -2.40. The van der Waals surface area contributed by atoms with E-state index in [1.54, 1.807) is 23.1 Å². The van der Waals surface area contributed by atoms with Crippen LogP contribution in [-0.2, 0) is 17.8 Å². The van der Waals surface area contributed by atoms with Crippen molar-refractivity contribution in [1.29, 1.82) is 0 Å². The van der Waals surface area contributed by atoms with Crippen LogP contribution in [0.5, 0.6) is 0 Å². The zero-order valence-corrected chi connectivity index (χ0v) is 15.0. The maximum absolute atomic E-state index is 14.1. The minimum absolute atomic E-state index is 0.0654. The van der Waals surface area contributed by atoms with Crippen molar-refractivity contribution in [2.45, 2.75) is 38.8 Å². The van der Waals surface area contributed by atoms with Crippen molar-refractivity contribution in [3.05, 3.63) is 53.1 Å². The average molecular weight is 357 g/mol. The van der Waals surface area contributed by atoms with Gasteiger partial charge in [-0.1, -0.05) is 12.1 Å². The van der Waals surface area contributed by atoms with Crippen LogP contribution < -0.4 is 0 Å². The molecule has 4 rings (SSSR count). The number of aromatic nitrogens is 2. The molecule has 1 unspecified atom stereocenters. The summed E-state index contributed by atoms with van der Waals surface area (Å²) in [5, 5.41) is 4.57. The summed E-state index contributed by atoms with van der Waals surface area (Å²) in [5.74, 6) is 0.0415. The van der Waals surface area contributed by atoms with Gasteiger partial charge in [-0.15, -0.1) is 0 Å². The molecule has 2 aromatic rings. The predicted molar refractivity (Wildman–Crippen MR) is 95.3 cm³/mol. The second kappa shape index (κ2) is 7.19. The number of nitrogens with zero attached hydrogens (tertiary/aromatic N) is 3. The van der Waals surface area contributed by atoms with Gasteiger partial charge in [-0.3, -0.25) is 9.48 Å². The second-order valence-electron chi connectivity index (χ2n) is 7.20. The van der Waals surface area contributed by atoms with Gasteiger partial charge in [0.25, 0.3) is 5.91 Å². The second-order valence-corrected chi connectivity index (χ2v) is 7.20. The number of hydrogen-bond acceptors (Lipinski definition) is 3. The van der Waals surface area contributed by atoms with Crippen molar-refractivity contribution >= 4 is 5.91 Å². The Morgan fingerprint density at radius 3 is 2.88 bits per heavy atom. The maximum atomic E-state index is 14.1. The van der Waals surface area contributed by atoms with Gasteiger partial charge >= 0.3 is 0 Å². The number of benzene rings is 1. The van der Waals surface area contributed by atoms with E-state index in [2.05, 4.69) is 9.78 Å². The van der Waals surface area contributed by atoms with E-state index in [9.17, 15) is 9.18 Å². The molecule has 1 atom stereocenters. The number of halogens is 1. The predicted octanol–water partition coefficient (Wildman–Crippen LogP) is 3.21. The van der Waals surface area contributed by atoms with Crippen LogP contribution in [0.15, 0.2) is 30.5 Å². The Morgan fingerprint density at radius 2 is 2.15 bits per heavy atom. The summed E-state index contributed by atoms with van der Waals surface area (Å²) in [4.78, 5) is 14.6. The smallest absolute Gasteiger partial charge is 0.257 e. The largest absolute Gasteiger partial charge is 0.381 e. The van der Waals surface area contributed by atoms with Gasteiger partial charge in [0.1, 0.15) is 5.82 Å². The number of rotatable bonds is 6. The third kappa shape index (κ3) is 3.38. The van der Waals surface area contributed by atoms with E-state index in [0.29, 0.717) is 26.3 Å². The van der Waals surface area contributed by atoms with Crippen LogP contribution in [-0.4, -0.2) is 40.3 Å². The third-order valence-electron chi connectivity index (χ3n) is 5.19. The number of fused-ring (bicyclic) bond motifs is 1. The first-order valence-electron chi connectivity index (χ1n) is 9.33. The molecule has 1 saturated carbocycles. The Labute approximate surface area is 152 Å². The molecule has 1 aliphatic carbocycles. The summed E-state index contributed by atoms with van der Waals surface area (Å²) in [6.07, 6.45) is 4.39. The van der Waals surface area contributed by atoms with Gasteiger partial charge < -0.3 is 9.64 Å². The highest BCUT2D eigenvalue weighted by Crippen LogP contribution is 2.35. The minimum atomic E-state index is -0.478. The highest BCUT2D eigenvalue weighted by Gasteiger charge is 2.34. The lowest BCUT2D eigenvalue weighted by molar-refractivity contribution is 0.0642. The molecule has 0 bridgehead atoms. The van der Waals surface area contributed by atoms with Gasteiger partial charge in [-0.25, -0.2) is 4.39 Å². The zero-order chi connectivity index (χ0) is 18.1. The van der Waals surface area contributed by atoms with Crippen LogP contribution in [0.1, 0.15) is 47.3 Å². The molecule has 2 aliphatic rings. The van der Waals surface area contributed by atoms with Crippen LogP contribution in [0.25, 0.3) is 0 Å². The van der Waals surface area contributed by atoms with Crippen molar-refractivity contribution in [2.24, 2.45) is 5.92 Å². The van der Waals surface area contributed by atoms with Crippen molar-refractivity contribution < 1.29 is 13.9 Å². The summed E-state index contributed by atoms with van der Waals surface area (Å²) in [5.41, 5.74) is 2.35. The van der Waals surface area contributed by atoms with Gasteiger partial charge in [0, 0.05) is 37.7 Å². The van der Waals surface area contributed by atoms with Crippen LogP contribution >= 0.6 is 0 Å². The van der Waals surface area contributed by atoms with Crippen LogP contribution in [0.4, 0.5) is 4.39 Å². The van der Waals surface area contributed by atoms with E-state index in [1.165, 1.54) is 24.6 Å². The van der Waals surface area contributed by atoms with E-state index in [4.69, 9.17) is 4.74 Å². The van der Waals surface area contributed by atoms with Crippen molar-refractivity contribution in [1.82, 2.24) is 14.7 Å². The van der Waals surface area contributed by atoms with Gasteiger partial charge in [0.15, 0.2) is 0 Å². The molecule has 1 aliphatic heterocycles. The lowest BCUT2D eigenvalue weighted by Gasteiger charge is -2.33. The fourth-order valence-electron chi connectivity index (χ4n) is 3.69. The third-order valence-corrected chi connectivity index (χ3v) is 5.19. The number of amides is 1. The first-order chi connectivity index (χ1) is 12.7. The molecule has 1 aromatic carbocycles. The summed E-state index contributed by atoms with van der Waals surface area (Å²) >= 11 is 0. The molecular formula is C20H24FN3O2. The van der Waals surface area contributed by atoms with E-state index >= 15 is 0 Å². The molecule has 5 nitrogen and oxygen atoms in total. The number of ether oxygens (including phenoxy) is 1. The molecule has 1 fully saturated rings. The average Bonchev–Trinajstić information content (AvgIpc) is 3.38. The molecule has 6 heteroatoms. The molecule has 2 heterocycles. The number of carbonyl (C=O) groups is 1. The Kier molecular flexibility index (Phi) is 4.76. The molecule has 0 radical (unpaired) electrons. The fraction of sp³-hybridized carbons (Fsp3) is 0.500. The van der Waals surface area contributed by atoms with Crippen LogP contribution in [0, 0.1) is 11.7 Å². The Morgan fingerprint density at radius 1 is 1.35 bits per heavy atom. The van der Waals surface area contributed by atoms with Crippen molar-refractivity contribution in [2.75, 3.05) is 19.8 Å². The summed E-state index contributed by atoms with van der Waals surface area (Å²) < 4.78 is 21.8. The number of hydrogen-bond donors (Lipinski definition) is 0. The normalized spacial score (nSPS) is 19.5. The van der Waals surface area contributed by atoms with E-state index in [0.717, 1.165) is 18.0 Å². The van der Waals surface area contributed by atoms with E-state index in [-0.39, 0.29) is 17.4 Å². The first-order valence-corrected chi connectivity index (χ1v) is 9.33.